The van der Waals surface area contributed by atoms with Gasteiger partial charge in [0.15, 0.2) is 6.29 Å². The van der Waals surface area contributed by atoms with Crippen LogP contribution >= 0.6 is 31.9 Å². The van der Waals surface area contributed by atoms with Crippen LogP contribution in [-0.2, 0) is 9.47 Å². The van der Waals surface area contributed by atoms with Crippen molar-refractivity contribution in [3.63, 3.8) is 0 Å². The van der Waals surface area contributed by atoms with Gasteiger partial charge in [-0.2, -0.15) is 0 Å². The summed E-state index contributed by atoms with van der Waals surface area (Å²) in [6.07, 6.45) is 1.36. The van der Waals surface area contributed by atoms with Gasteiger partial charge in [-0.05, 0) is 36.4 Å². The van der Waals surface area contributed by atoms with Crippen molar-refractivity contribution in [1.82, 2.24) is 5.32 Å². The van der Waals surface area contributed by atoms with Crippen molar-refractivity contribution < 1.29 is 23.5 Å². The Balaban J connectivity index is 0.000000183. The van der Waals surface area contributed by atoms with Crippen LogP contribution in [-0.4, -0.2) is 65.2 Å². The number of rotatable bonds is 3. The number of halogens is 3. The number of nitrogens with zero attached hydrogens (tertiary/aromatic N) is 1. The van der Waals surface area contributed by atoms with Gasteiger partial charge in [0, 0.05) is 46.4 Å². The van der Waals surface area contributed by atoms with Crippen LogP contribution in [0.3, 0.4) is 0 Å². The van der Waals surface area contributed by atoms with Crippen LogP contribution in [0.1, 0.15) is 20.7 Å². The first kappa shape index (κ1) is 25.6. The molecule has 4 rings (SSSR count). The third kappa shape index (κ3) is 9.57. The number of hydrogen-bond acceptors (Lipinski definition) is 6. The van der Waals surface area contributed by atoms with Crippen LogP contribution in [0.2, 0.25) is 0 Å². The Morgan fingerprint density at radius 1 is 0.871 bits per heavy atom. The lowest BCUT2D eigenvalue weighted by Gasteiger charge is -2.29. The molecule has 2 saturated heterocycles. The topological polar surface area (TPSA) is 67.9 Å². The maximum absolute atomic E-state index is 12.6. The van der Waals surface area contributed by atoms with Crippen molar-refractivity contribution in [2.24, 2.45) is 0 Å². The van der Waals surface area contributed by atoms with Gasteiger partial charge in [0.05, 0.1) is 32.0 Å². The minimum atomic E-state index is -0.496. The van der Waals surface area contributed by atoms with E-state index < -0.39 is 5.82 Å². The first-order valence-electron chi connectivity index (χ1n) is 9.80. The Bertz CT molecular complexity index is 833. The first-order valence-corrected chi connectivity index (χ1v) is 11.4. The van der Waals surface area contributed by atoms with E-state index in [-0.39, 0.29) is 5.56 Å². The van der Waals surface area contributed by atoms with Gasteiger partial charge in [-0.3, -0.25) is 9.59 Å². The van der Waals surface area contributed by atoms with Gasteiger partial charge in [0.25, 0.3) is 0 Å². The molecule has 2 aromatic carbocycles. The summed E-state index contributed by atoms with van der Waals surface area (Å²) >= 11 is 6.47. The predicted molar refractivity (Wildman–Crippen MR) is 126 cm³/mol. The highest BCUT2D eigenvalue weighted by atomic mass is 79.9. The van der Waals surface area contributed by atoms with Crippen molar-refractivity contribution in [1.29, 1.82) is 0 Å². The van der Waals surface area contributed by atoms with Crippen LogP contribution in [0.15, 0.2) is 45.3 Å². The number of aldehydes is 2. The lowest BCUT2D eigenvalue weighted by atomic mass is 10.2. The second-order valence-electron chi connectivity index (χ2n) is 6.61. The first-order chi connectivity index (χ1) is 15.0. The highest BCUT2D eigenvalue weighted by molar-refractivity contribution is 9.10. The maximum Gasteiger partial charge on any atom is 0.152 e. The Kier molecular flexibility index (Phi) is 11.9. The summed E-state index contributed by atoms with van der Waals surface area (Å²) in [5, 5.41) is 3.16. The Labute approximate surface area is 198 Å². The molecule has 2 heterocycles. The van der Waals surface area contributed by atoms with E-state index in [0.29, 0.717) is 16.3 Å². The van der Waals surface area contributed by atoms with Crippen LogP contribution in [0.5, 0.6) is 0 Å². The summed E-state index contributed by atoms with van der Waals surface area (Å²) < 4.78 is 24.5. The second-order valence-corrected chi connectivity index (χ2v) is 8.44. The molecule has 2 aliphatic heterocycles. The largest absolute Gasteiger partial charge is 0.379 e. The van der Waals surface area contributed by atoms with Crippen molar-refractivity contribution in [2.45, 2.75) is 0 Å². The van der Waals surface area contributed by atoms with Crippen LogP contribution in [0, 0.1) is 5.82 Å². The van der Waals surface area contributed by atoms with Gasteiger partial charge < -0.3 is 19.7 Å². The number of carbonyl (C=O) groups is 2. The fraction of sp³-hybridized carbons (Fsp3) is 0.364. The quantitative estimate of drug-likeness (QED) is 0.571. The fourth-order valence-corrected chi connectivity index (χ4v) is 3.61. The summed E-state index contributed by atoms with van der Waals surface area (Å²) in [7, 11) is 0. The van der Waals surface area contributed by atoms with E-state index in [0.717, 1.165) is 69.1 Å². The number of ether oxygens (including phenoxy) is 2. The van der Waals surface area contributed by atoms with E-state index >= 15 is 0 Å². The number of anilines is 1. The van der Waals surface area contributed by atoms with Crippen LogP contribution in [0.4, 0.5) is 10.1 Å². The van der Waals surface area contributed by atoms with Crippen LogP contribution in [0.25, 0.3) is 0 Å². The fourth-order valence-electron chi connectivity index (χ4n) is 2.78. The van der Waals surface area contributed by atoms with E-state index in [9.17, 15) is 14.0 Å². The third-order valence-electron chi connectivity index (χ3n) is 4.35. The molecule has 31 heavy (non-hydrogen) atoms. The highest BCUT2D eigenvalue weighted by Gasteiger charge is 2.12. The molecule has 0 spiro atoms. The average Bonchev–Trinajstić information content (AvgIpc) is 2.81. The summed E-state index contributed by atoms with van der Waals surface area (Å²) in [4.78, 5) is 23.0. The number of nitrogens with one attached hydrogen (secondary N) is 1. The number of hydrogen-bond donors (Lipinski definition) is 1. The minimum Gasteiger partial charge on any atom is -0.379 e. The zero-order valence-corrected chi connectivity index (χ0v) is 20.2. The zero-order chi connectivity index (χ0) is 22.5. The lowest BCUT2D eigenvalue weighted by molar-refractivity contribution is 0.109. The van der Waals surface area contributed by atoms with Crippen molar-refractivity contribution in [3.8, 4) is 0 Å². The van der Waals surface area contributed by atoms with E-state index in [1.165, 1.54) is 12.1 Å². The summed E-state index contributed by atoms with van der Waals surface area (Å²) in [5.41, 5.74) is 1.86. The predicted octanol–water partition coefficient (Wildman–Crippen LogP) is 4.11. The monoisotopic (exact) mass is 558 g/mol. The normalized spacial score (nSPS) is 15.6. The third-order valence-corrected chi connectivity index (χ3v) is 5.30. The Morgan fingerprint density at radius 3 is 2.06 bits per heavy atom. The molecule has 0 bridgehead atoms. The van der Waals surface area contributed by atoms with Gasteiger partial charge in [-0.1, -0.05) is 31.9 Å². The molecule has 168 valence electrons. The zero-order valence-electron chi connectivity index (χ0n) is 17.0. The SMILES string of the molecule is C1COCCN1.O=Cc1cc(Br)cc(N2CCOCC2)c1.O=Cc1ccc(Br)cc1F. The molecule has 0 amide bonds. The lowest BCUT2D eigenvalue weighted by Crippen LogP contribution is -2.36. The molecule has 2 aromatic rings. The average molecular weight is 560 g/mol. The van der Waals surface area contributed by atoms with Crippen molar-refractivity contribution >= 4 is 50.1 Å². The molecule has 0 unspecified atom stereocenters. The standard InChI is InChI=1S/C11H12BrNO2.C7H4BrFO.C4H9NO/c12-10-5-9(8-14)6-11(7-10)13-1-3-15-4-2-13;8-6-2-1-5(4-10)7(9)3-6;1-3-6-4-2-5-1/h5-8H,1-4H2;1-4H;5H,1-4H2. The molecule has 0 aliphatic carbocycles. The number of carbonyl (C=O) groups excluding carboxylic acids is 2. The van der Waals surface area contributed by atoms with Gasteiger partial charge >= 0.3 is 0 Å². The molecule has 0 atom stereocenters. The molecule has 9 heteroatoms. The molecule has 2 fully saturated rings. The molecule has 0 radical (unpaired) electrons. The number of benzene rings is 2. The summed E-state index contributed by atoms with van der Waals surface area (Å²) in [5.74, 6) is -0.496. The van der Waals surface area contributed by atoms with E-state index in [1.54, 1.807) is 6.07 Å². The van der Waals surface area contributed by atoms with E-state index in [1.807, 2.05) is 18.2 Å². The molecule has 1 N–H and O–H groups in total. The Hall–Kier alpha value is -1.65. The Morgan fingerprint density at radius 2 is 1.55 bits per heavy atom. The van der Waals surface area contributed by atoms with Gasteiger partial charge in [0.2, 0.25) is 0 Å². The van der Waals surface area contributed by atoms with Gasteiger partial charge in [-0.25, -0.2) is 4.39 Å². The molecule has 6 nitrogen and oxygen atoms in total. The highest BCUT2D eigenvalue weighted by Crippen LogP contribution is 2.23. The van der Waals surface area contributed by atoms with Crippen molar-refractivity contribution in [2.75, 3.05) is 57.5 Å². The maximum atomic E-state index is 12.6. The van der Waals surface area contributed by atoms with Gasteiger partial charge in [0.1, 0.15) is 12.1 Å². The number of morpholine rings is 2. The molecular weight excluding hydrogens is 535 g/mol. The van der Waals surface area contributed by atoms with Crippen LogP contribution < -0.4 is 10.2 Å². The molecule has 0 aromatic heterocycles. The van der Waals surface area contributed by atoms with E-state index in [4.69, 9.17) is 9.47 Å². The second kappa shape index (κ2) is 14.4. The molecule has 0 saturated carbocycles. The van der Waals surface area contributed by atoms with Gasteiger partial charge in [-0.15, -0.1) is 0 Å². The van der Waals surface area contributed by atoms with E-state index in [2.05, 4.69) is 42.1 Å². The molecular formula is C22H25Br2FN2O4. The summed E-state index contributed by atoms with van der Waals surface area (Å²) in [6, 6.07) is 10.0. The summed E-state index contributed by atoms with van der Waals surface area (Å²) in [6.45, 7) is 7.11. The van der Waals surface area contributed by atoms with Crippen molar-refractivity contribution in [3.05, 3.63) is 62.3 Å². The molecule has 2 aliphatic rings. The smallest absolute Gasteiger partial charge is 0.152 e. The minimum absolute atomic E-state index is 0.0863.